The van der Waals surface area contributed by atoms with Crippen LogP contribution in [0, 0.1) is 6.92 Å². The Labute approximate surface area is 221 Å². The Kier molecular flexibility index (Phi) is 7.43. The van der Waals surface area contributed by atoms with E-state index in [0.29, 0.717) is 17.2 Å². The fraction of sp³-hybridized carbons (Fsp3) is 0.214. The van der Waals surface area contributed by atoms with Gasteiger partial charge in [-0.3, -0.25) is 14.3 Å². The van der Waals surface area contributed by atoms with E-state index < -0.39 is 35.8 Å². The van der Waals surface area contributed by atoms with Crippen LogP contribution in [-0.4, -0.2) is 34.5 Å². The number of hydrogen-bond acceptors (Lipinski definition) is 6. The SMILES string of the molecule is Cc1ccccc1O[C@H]1[C@@H](Oc2ccccc2)[C@H](n2cc(Br)c(=O)[nH]c2=O)O[C@@H]1COc1ccccc1. The molecule has 1 N–H and O–H groups in total. The number of benzene rings is 3. The molecule has 190 valence electrons. The van der Waals surface area contributed by atoms with E-state index in [0.717, 1.165) is 5.56 Å². The molecule has 4 atom stereocenters. The van der Waals surface area contributed by atoms with Gasteiger partial charge < -0.3 is 18.9 Å². The Balaban J connectivity index is 1.55. The van der Waals surface area contributed by atoms with Gasteiger partial charge in [-0.05, 0) is 58.7 Å². The van der Waals surface area contributed by atoms with E-state index in [9.17, 15) is 9.59 Å². The van der Waals surface area contributed by atoms with Crippen molar-refractivity contribution in [3.05, 3.63) is 122 Å². The van der Waals surface area contributed by atoms with E-state index in [2.05, 4.69) is 20.9 Å². The lowest BCUT2D eigenvalue weighted by Crippen LogP contribution is -2.44. The van der Waals surface area contributed by atoms with Gasteiger partial charge in [0.05, 0.1) is 4.47 Å². The molecule has 0 radical (unpaired) electrons. The van der Waals surface area contributed by atoms with Crippen molar-refractivity contribution in [2.24, 2.45) is 0 Å². The van der Waals surface area contributed by atoms with Crippen molar-refractivity contribution in [3.8, 4) is 17.2 Å². The van der Waals surface area contributed by atoms with Crippen molar-refractivity contribution in [2.45, 2.75) is 31.5 Å². The number of aryl methyl sites for hydroxylation is 1. The fourth-order valence-electron chi connectivity index (χ4n) is 4.17. The number of aromatic nitrogens is 2. The smallest absolute Gasteiger partial charge is 0.330 e. The molecule has 1 fully saturated rings. The number of rotatable bonds is 8. The third kappa shape index (κ3) is 5.63. The zero-order chi connectivity index (χ0) is 25.8. The zero-order valence-corrected chi connectivity index (χ0v) is 21.5. The molecule has 9 heteroatoms. The summed E-state index contributed by atoms with van der Waals surface area (Å²) >= 11 is 3.21. The number of nitrogens with zero attached hydrogens (tertiary/aromatic N) is 1. The van der Waals surface area contributed by atoms with Crippen LogP contribution in [0.25, 0.3) is 0 Å². The maximum atomic E-state index is 12.9. The van der Waals surface area contributed by atoms with Crippen LogP contribution < -0.4 is 25.5 Å². The molecule has 1 aromatic heterocycles. The molecule has 37 heavy (non-hydrogen) atoms. The summed E-state index contributed by atoms with van der Waals surface area (Å²) < 4.78 is 26.8. The number of ether oxygens (including phenoxy) is 4. The molecule has 0 amide bonds. The normalized spacial score (nSPS) is 20.9. The first-order valence-corrected chi connectivity index (χ1v) is 12.6. The van der Waals surface area contributed by atoms with Gasteiger partial charge in [0.1, 0.15) is 30.0 Å². The molecule has 1 saturated heterocycles. The molecular weight excluding hydrogens is 540 g/mol. The van der Waals surface area contributed by atoms with Gasteiger partial charge in [0.2, 0.25) is 0 Å². The summed E-state index contributed by atoms with van der Waals surface area (Å²) in [6.07, 6.45) is -1.55. The van der Waals surface area contributed by atoms with Gasteiger partial charge in [-0.1, -0.05) is 54.6 Å². The van der Waals surface area contributed by atoms with Crippen LogP contribution in [0.5, 0.6) is 17.2 Å². The molecule has 5 rings (SSSR count). The van der Waals surface area contributed by atoms with Gasteiger partial charge in [-0.2, -0.15) is 0 Å². The topological polar surface area (TPSA) is 91.8 Å². The Morgan fingerprint density at radius 1 is 0.865 bits per heavy atom. The van der Waals surface area contributed by atoms with E-state index in [4.69, 9.17) is 18.9 Å². The van der Waals surface area contributed by atoms with Gasteiger partial charge in [0.25, 0.3) is 5.56 Å². The third-order valence-electron chi connectivity index (χ3n) is 6.01. The van der Waals surface area contributed by atoms with Crippen LogP contribution in [0.3, 0.4) is 0 Å². The predicted octanol–water partition coefficient (Wildman–Crippen LogP) is 4.48. The lowest BCUT2D eigenvalue weighted by molar-refractivity contribution is -0.0476. The number of hydrogen-bond donors (Lipinski definition) is 1. The summed E-state index contributed by atoms with van der Waals surface area (Å²) in [6, 6.07) is 26.3. The molecule has 3 aromatic carbocycles. The second-order valence-electron chi connectivity index (χ2n) is 8.58. The van der Waals surface area contributed by atoms with Crippen LogP contribution >= 0.6 is 15.9 Å². The largest absolute Gasteiger partial charge is 0.491 e. The molecule has 4 aromatic rings. The summed E-state index contributed by atoms with van der Waals surface area (Å²) in [4.78, 5) is 27.2. The standard InChI is InChI=1S/C28H25BrN2O6/c1-18-10-8-9-15-22(18)36-24-23(17-34-19-11-4-2-5-12-19)37-27(25(24)35-20-13-6-3-7-14-20)31-16-21(29)26(32)30-28(31)33/h2-16,23-25,27H,17H2,1H3,(H,30,32,33)/t23-,24-,25-,27-/m1/s1. The minimum atomic E-state index is -0.917. The molecular formula is C28H25BrN2O6. The Morgan fingerprint density at radius 3 is 2.22 bits per heavy atom. The van der Waals surface area contributed by atoms with Gasteiger partial charge in [-0.25, -0.2) is 4.79 Å². The molecule has 0 bridgehead atoms. The summed E-state index contributed by atoms with van der Waals surface area (Å²) in [5, 5.41) is 0. The maximum Gasteiger partial charge on any atom is 0.330 e. The highest BCUT2D eigenvalue weighted by molar-refractivity contribution is 9.10. The minimum absolute atomic E-state index is 0.144. The fourth-order valence-corrected chi connectivity index (χ4v) is 4.49. The Hall–Kier alpha value is -3.82. The van der Waals surface area contributed by atoms with Crippen molar-refractivity contribution in [2.75, 3.05) is 6.61 Å². The molecule has 0 saturated carbocycles. The van der Waals surface area contributed by atoms with Crippen molar-refractivity contribution in [1.82, 2.24) is 9.55 Å². The van der Waals surface area contributed by atoms with Gasteiger partial charge >= 0.3 is 5.69 Å². The first-order valence-electron chi connectivity index (χ1n) is 11.8. The van der Waals surface area contributed by atoms with Crippen LogP contribution in [0.2, 0.25) is 0 Å². The first kappa shape index (κ1) is 24.9. The average molecular weight is 565 g/mol. The Bertz CT molecular complexity index is 1460. The van der Waals surface area contributed by atoms with E-state index in [1.807, 2.05) is 91.9 Å². The molecule has 0 aliphatic carbocycles. The molecule has 0 spiro atoms. The van der Waals surface area contributed by atoms with Crippen molar-refractivity contribution < 1.29 is 18.9 Å². The second kappa shape index (κ2) is 11.1. The van der Waals surface area contributed by atoms with E-state index in [1.165, 1.54) is 10.8 Å². The maximum absolute atomic E-state index is 12.9. The quantitative estimate of drug-likeness (QED) is 0.339. The second-order valence-corrected chi connectivity index (χ2v) is 9.43. The molecule has 0 unspecified atom stereocenters. The number of halogens is 1. The average Bonchev–Trinajstić information content (AvgIpc) is 3.24. The van der Waals surface area contributed by atoms with Gasteiger partial charge in [0.15, 0.2) is 18.4 Å². The van der Waals surface area contributed by atoms with Crippen LogP contribution in [0.1, 0.15) is 11.8 Å². The highest BCUT2D eigenvalue weighted by Gasteiger charge is 2.50. The lowest BCUT2D eigenvalue weighted by atomic mass is 10.1. The van der Waals surface area contributed by atoms with Crippen LogP contribution in [-0.2, 0) is 4.74 Å². The summed E-state index contributed by atoms with van der Waals surface area (Å²) in [7, 11) is 0. The van der Waals surface area contributed by atoms with E-state index in [-0.39, 0.29) is 11.1 Å². The lowest BCUT2D eigenvalue weighted by Gasteiger charge is -2.27. The van der Waals surface area contributed by atoms with Crippen LogP contribution in [0.4, 0.5) is 0 Å². The number of aromatic amines is 1. The van der Waals surface area contributed by atoms with E-state index >= 15 is 0 Å². The van der Waals surface area contributed by atoms with Crippen molar-refractivity contribution >= 4 is 15.9 Å². The molecule has 2 heterocycles. The summed E-state index contributed by atoms with van der Waals surface area (Å²) in [6.45, 7) is 2.10. The molecule has 8 nitrogen and oxygen atoms in total. The van der Waals surface area contributed by atoms with Crippen molar-refractivity contribution in [3.63, 3.8) is 0 Å². The van der Waals surface area contributed by atoms with Gasteiger partial charge in [0, 0.05) is 6.20 Å². The van der Waals surface area contributed by atoms with E-state index in [1.54, 1.807) is 0 Å². The minimum Gasteiger partial charge on any atom is -0.491 e. The monoisotopic (exact) mass is 564 g/mol. The predicted molar refractivity (Wildman–Crippen MR) is 141 cm³/mol. The summed E-state index contributed by atoms with van der Waals surface area (Å²) in [5.74, 6) is 1.92. The Morgan fingerprint density at radius 2 is 1.51 bits per heavy atom. The highest BCUT2D eigenvalue weighted by atomic mass is 79.9. The molecule has 1 aliphatic rings. The number of nitrogens with one attached hydrogen (secondary N) is 1. The third-order valence-corrected chi connectivity index (χ3v) is 6.58. The first-order chi connectivity index (χ1) is 18.0. The highest BCUT2D eigenvalue weighted by Crippen LogP contribution is 2.36. The molecule has 1 aliphatic heterocycles. The van der Waals surface area contributed by atoms with Crippen molar-refractivity contribution in [1.29, 1.82) is 0 Å². The van der Waals surface area contributed by atoms with Crippen LogP contribution in [0.15, 0.2) is 105 Å². The van der Waals surface area contributed by atoms with Gasteiger partial charge in [-0.15, -0.1) is 0 Å². The summed E-state index contributed by atoms with van der Waals surface area (Å²) in [5.41, 5.74) is -0.216. The number of H-pyrrole nitrogens is 1. The number of para-hydroxylation sites is 3. The zero-order valence-electron chi connectivity index (χ0n) is 20.0.